The fourth-order valence-corrected chi connectivity index (χ4v) is 1.02. The van der Waals surface area contributed by atoms with Crippen LogP contribution in [0.2, 0.25) is 0 Å². The van der Waals surface area contributed by atoms with Gasteiger partial charge in [0.05, 0.1) is 12.7 Å². The van der Waals surface area contributed by atoms with Crippen molar-refractivity contribution in [3.05, 3.63) is 23.8 Å². The van der Waals surface area contributed by atoms with Crippen LogP contribution in [0.1, 0.15) is 5.56 Å². The molecule has 0 heterocycles. The van der Waals surface area contributed by atoms with Gasteiger partial charge in [0.25, 0.3) is 0 Å². The van der Waals surface area contributed by atoms with Gasteiger partial charge in [-0.25, -0.2) is 0 Å². The number of alkyl halides is 2. The van der Waals surface area contributed by atoms with Crippen molar-refractivity contribution < 1.29 is 23.4 Å². The van der Waals surface area contributed by atoms with Gasteiger partial charge in [0.2, 0.25) is 0 Å². The fourth-order valence-electron chi connectivity index (χ4n) is 1.02. The van der Waals surface area contributed by atoms with E-state index in [4.69, 9.17) is 5.11 Å². The Morgan fingerprint density at radius 1 is 1.50 bits per heavy atom. The van der Waals surface area contributed by atoms with E-state index < -0.39 is 17.8 Å². The van der Waals surface area contributed by atoms with Crippen molar-refractivity contribution in [3.63, 3.8) is 0 Å². The number of carbonyl (C=O) groups excluding carboxylic acids is 1. The summed E-state index contributed by atoms with van der Waals surface area (Å²) in [5, 5.41) is 8.99. The minimum Gasteiger partial charge on any atom is -0.508 e. The molecule has 0 aliphatic heterocycles. The van der Waals surface area contributed by atoms with Gasteiger partial charge in [-0.15, -0.1) is 0 Å². The molecule has 1 N–H and O–H groups in total. The maximum Gasteiger partial charge on any atom is 0.331 e. The van der Waals surface area contributed by atoms with Crippen LogP contribution >= 0.6 is 0 Å². The highest BCUT2D eigenvalue weighted by Gasteiger charge is 2.34. The first kappa shape index (κ1) is 10.4. The maximum absolute atomic E-state index is 13.0. The summed E-state index contributed by atoms with van der Waals surface area (Å²) in [6.45, 7) is 0. The van der Waals surface area contributed by atoms with Crippen LogP contribution in [0, 0.1) is 0 Å². The molecule has 0 aliphatic carbocycles. The molecule has 0 aliphatic rings. The summed E-state index contributed by atoms with van der Waals surface area (Å²) in [5.41, 5.74) is -0.644. The van der Waals surface area contributed by atoms with E-state index in [1.807, 2.05) is 0 Å². The van der Waals surface area contributed by atoms with E-state index in [-0.39, 0.29) is 11.5 Å². The first-order valence-electron chi connectivity index (χ1n) is 3.73. The summed E-state index contributed by atoms with van der Waals surface area (Å²) in [6.07, 6.45) is -0.496. The maximum atomic E-state index is 13.0. The molecule has 3 nitrogen and oxygen atoms in total. The summed E-state index contributed by atoms with van der Waals surface area (Å²) in [7, 11) is 1.21. The third-order valence-electron chi connectivity index (χ3n) is 1.69. The molecule has 0 atom stereocenters. The smallest absolute Gasteiger partial charge is 0.331 e. The lowest BCUT2D eigenvalue weighted by Gasteiger charge is -2.13. The molecule has 0 spiro atoms. The van der Waals surface area contributed by atoms with Gasteiger partial charge in [0, 0.05) is 0 Å². The molecule has 14 heavy (non-hydrogen) atoms. The van der Waals surface area contributed by atoms with Gasteiger partial charge in [-0.3, -0.25) is 4.79 Å². The monoisotopic (exact) mass is 202 g/mol. The molecule has 76 valence electrons. The number of hydrogen-bond acceptors (Lipinski definition) is 3. The van der Waals surface area contributed by atoms with Crippen LogP contribution in [0.3, 0.4) is 0 Å². The third kappa shape index (κ3) is 1.81. The number of ether oxygens (including phenoxy) is 1. The zero-order valence-corrected chi connectivity index (χ0v) is 7.33. The van der Waals surface area contributed by atoms with Gasteiger partial charge >= 0.3 is 5.92 Å². The van der Waals surface area contributed by atoms with Gasteiger partial charge in [0.1, 0.15) is 11.5 Å². The Labute approximate surface area is 78.9 Å². The number of rotatable bonds is 3. The van der Waals surface area contributed by atoms with Gasteiger partial charge in [-0.05, 0) is 18.2 Å². The van der Waals surface area contributed by atoms with Crippen molar-refractivity contribution in [1.29, 1.82) is 0 Å². The Balaban J connectivity index is 3.30. The Bertz CT molecular complexity index is 350. The summed E-state index contributed by atoms with van der Waals surface area (Å²) >= 11 is 0. The number of benzene rings is 1. The van der Waals surface area contributed by atoms with Crippen LogP contribution in [0.15, 0.2) is 18.2 Å². The molecular formula is C9H8F2O3. The van der Waals surface area contributed by atoms with E-state index in [9.17, 15) is 13.6 Å². The number of aldehydes is 1. The summed E-state index contributed by atoms with van der Waals surface area (Å²) < 4.78 is 30.5. The first-order chi connectivity index (χ1) is 6.51. The fraction of sp³-hybridized carbons (Fsp3) is 0.222. The normalized spacial score (nSPS) is 11.1. The molecule has 0 bridgehead atoms. The van der Waals surface area contributed by atoms with Gasteiger partial charge in [-0.1, -0.05) is 0 Å². The van der Waals surface area contributed by atoms with Crippen LogP contribution in [0.5, 0.6) is 11.5 Å². The van der Waals surface area contributed by atoms with Crippen LogP contribution in [0.25, 0.3) is 0 Å². The van der Waals surface area contributed by atoms with Crippen LogP contribution in [-0.4, -0.2) is 18.5 Å². The van der Waals surface area contributed by atoms with Crippen molar-refractivity contribution in [2.24, 2.45) is 0 Å². The molecule has 1 aromatic rings. The Hall–Kier alpha value is -1.65. The predicted octanol–water partition coefficient (Wildman–Crippen LogP) is 1.69. The van der Waals surface area contributed by atoms with Crippen LogP contribution in [0.4, 0.5) is 8.78 Å². The molecule has 0 fully saturated rings. The average Bonchev–Trinajstić information content (AvgIpc) is 2.18. The second kappa shape index (κ2) is 3.61. The third-order valence-corrected chi connectivity index (χ3v) is 1.69. The number of halogens is 2. The zero-order valence-electron chi connectivity index (χ0n) is 7.33. The molecule has 0 unspecified atom stereocenters. The van der Waals surface area contributed by atoms with Gasteiger partial charge < -0.3 is 9.84 Å². The summed E-state index contributed by atoms with van der Waals surface area (Å²) in [4.78, 5) is 10.1. The lowest BCUT2D eigenvalue weighted by molar-refractivity contribution is -0.130. The first-order valence-corrected chi connectivity index (χ1v) is 3.73. The highest BCUT2D eigenvalue weighted by atomic mass is 19.3. The Morgan fingerprint density at radius 2 is 2.14 bits per heavy atom. The van der Waals surface area contributed by atoms with Gasteiger partial charge in [-0.2, -0.15) is 8.78 Å². The second-order valence-corrected chi connectivity index (χ2v) is 2.63. The molecule has 0 saturated carbocycles. The molecule has 0 saturated heterocycles. The van der Waals surface area contributed by atoms with Crippen molar-refractivity contribution in [2.45, 2.75) is 5.92 Å². The van der Waals surface area contributed by atoms with Gasteiger partial charge in [0.15, 0.2) is 6.29 Å². The molecule has 1 rings (SSSR count). The van der Waals surface area contributed by atoms with Crippen LogP contribution < -0.4 is 4.74 Å². The number of phenols is 1. The minimum absolute atomic E-state index is 0.139. The average molecular weight is 202 g/mol. The van der Waals surface area contributed by atoms with Crippen molar-refractivity contribution >= 4 is 6.29 Å². The predicted molar refractivity (Wildman–Crippen MR) is 44.6 cm³/mol. The summed E-state index contributed by atoms with van der Waals surface area (Å²) in [5.74, 6) is -4.13. The Kier molecular flexibility index (Phi) is 2.69. The standard InChI is InChI=1S/C9H8F2O3/c1-14-8-3-2-6(13)4-7(8)9(10,11)5-12/h2-5,13H,1H3. The SMILES string of the molecule is COc1ccc(O)cc1C(F)(F)C=O. The van der Waals surface area contributed by atoms with E-state index in [0.29, 0.717) is 0 Å². The topological polar surface area (TPSA) is 46.5 Å². The van der Waals surface area contributed by atoms with E-state index in [2.05, 4.69) is 4.74 Å². The number of carbonyl (C=O) groups is 1. The molecule has 0 radical (unpaired) electrons. The highest BCUT2D eigenvalue weighted by Crippen LogP contribution is 2.35. The highest BCUT2D eigenvalue weighted by molar-refractivity contribution is 5.66. The lowest BCUT2D eigenvalue weighted by Crippen LogP contribution is -2.15. The number of aromatic hydroxyl groups is 1. The number of hydrogen-bond donors (Lipinski definition) is 1. The molecule has 0 amide bonds. The lowest BCUT2D eigenvalue weighted by atomic mass is 10.1. The largest absolute Gasteiger partial charge is 0.508 e. The summed E-state index contributed by atoms with van der Waals surface area (Å²) in [6, 6.07) is 3.17. The van der Waals surface area contributed by atoms with E-state index in [1.165, 1.54) is 19.2 Å². The molecule has 1 aromatic carbocycles. The second-order valence-electron chi connectivity index (χ2n) is 2.63. The van der Waals surface area contributed by atoms with E-state index in [0.717, 1.165) is 6.07 Å². The van der Waals surface area contributed by atoms with Crippen molar-refractivity contribution in [1.82, 2.24) is 0 Å². The Morgan fingerprint density at radius 3 is 2.64 bits per heavy atom. The quantitative estimate of drug-likeness (QED) is 0.758. The number of methoxy groups -OCH3 is 1. The minimum atomic E-state index is -3.65. The zero-order chi connectivity index (χ0) is 10.8. The van der Waals surface area contributed by atoms with Crippen LogP contribution in [-0.2, 0) is 10.7 Å². The van der Waals surface area contributed by atoms with E-state index in [1.54, 1.807) is 0 Å². The molecule has 0 aromatic heterocycles. The molecular weight excluding hydrogens is 194 g/mol. The number of phenolic OH excluding ortho intramolecular Hbond substituents is 1. The molecule has 5 heteroatoms. The van der Waals surface area contributed by atoms with Crippen molar-refractivity contribution in [3.8, 4) is 11.5 Å². The van der Waals surface area contributed by atoms with Crippen molar-refractivity contribution in [2.75, 3.05) is 7.11 Å². The van der Waals surface area contributed by atoms with E-state index >= 15 is 0 Å².